The second kappa shape index (κ2) is 6.11. The summed E-state index contributed by atoms with van der Waals surface area (Å²) in [5.74, 6) is -1.92. The van der Waals surface area contributed by atoms with E-state index in [0.717, 1.165) is 0 Å². The Labute approximate surface area is 135 Å². The quantitative estimate of drug-likeness (QED) is 0.484. The summed E-state index contributed by atoms with van der Waals surface area (Å²) in [6.45, 7) is -0.881. The SMILES string of the molecule is O=C(c1c(-c2ccccc2)n(CCF)c2ccccc12)C(F)(F)F. The number of aryl methyl sites for hydroxylation is 1. The average molecular weight is 335 g/mol. The smallest absolute Gasteiger partial charge is 0.337 e. The van der Waals surface area contributed by atoms with Gasteiger partial charge in [0, 0.05) is 10.9 Å². The van der Waals surface area contributed by atoms with Crippen LogP contribution in [0.15, 0.2) is 54.6 Å². The number of benzene rings is 2. The van der Waals surface area contributed by atoms with Gasteiger partial charge in [-0.2, -0.15) is 13.2 Å². The van der Waals surface area contributed by atoms with Gasteiger partial charge in [0.05, 0.1) is 17.8 Å². The molecule has 0 aliphatic rings. The fourth-order valence-corrected chi connectivity index (χ4v) is 2.89. The van der Waals surface area contributed by atoms with E-state index in [4.69, 9.17) is 0 Å². The number of carbonyl (C=O) groups excluding carboxylic acids is 1. The topological polar surface area (TPSA) is 22.0 Å². The van der Waals surface area contributed by atoms with Crippen molar-refractivity contribution in [2.24, 2.45) is 0 Å². The van der Waals surface area contributed by atoms with Crippen LogP contribution in [0.4, 0.5) is 17.6 Å². The van der Waals surface area contributed by atoms with Gasteiger partial charge in [-0.05, 0) is 11.6 Å². The summed E-state index contributed by atoms with van der Waals surface area (Å²) >= 11 is 0. The van der Waals surface area contributed by atoms with E-state index in [-0.39, 0.29) is 17.6 Å². The molecule has 0 saturated heterocycles. The summed E-state index contributed by atoms with van der Waals surface area (Å²) in [6, 6.07) is 14.5. The van der Waals surface area contributed by atoms with E-state index >= 15 is 0 Å². The van der Waals surface area contributed by atoms with Crippen molar-refractivity contribution in [1.82, 2.24) is 4.57 Å². The van der Waals surface area contributed by atoms with Crippen molar-refractivity contribution in [3.8, 4) is 11.3 Å². The number of alkyl halides is 4. The zero-order chi connectivity index (χ0) is 17.3. The molecule has 0 N–H and O–H groups in total. The van der Waals surface area contributed by atoms with Crippen LogP contribution in [0.2, 0.25) is 0 Å². The maximum absolute atomic E-state index is 13.1. The van der Waals surface area contributed by atoms with Crippen LogP contribution >= 0.6 is 0 Å². The minimum Gasteiger partial charge on any atom is -0.337 e. The maximum Gasteiger partial charge on any atom is 0.454 e. The second-order valence-corrected chi connectivity index (χ2v) is 5.27. The summed E-state index contributed by atoms with van der Waals surface area (Å²) < 4.78 is 53.8. The highest BCUT2D eigenvalue weighted by atomic mass is 19.4. The first-order valence-corrected chi connectivity index (χ1v) is 7.29. The highest BCUT2D eigenvalue weighted by Crippen LogP contribution is 2.37. The molecule has 6 heteroatoms. The molecule has 3 aromatic rings. The summed E-state index contributed by atoms with van der Waals surface area (Å²) in [6.07, 6.45) is -5.01. The Kier molecular flexibility index (Phi) is 4.13. The van der Waals surface area contributed by atoms with E-state index in [1.807, 2.05) is 0 Å². The number of ketones is 1. The average Bonchev–Trinajstić information content (AvgIpc) is 2.89. The van der Waals surface area contributed by atoms with Crippen LogP contribution in [0.5, 0.6) is 0 Å². The second-order valence-electron chi connectivity index (χ2n) is 5.27. The number of rotatable bonds is 4. The van der Waals surface area contributed by atoms with Gasteiger partial charge in [-0.15, -0.1) is 0 Å². The van der Waals surface area contributed by atoms with Crippen molar-refractivity contribution in [1.29, 1.82) is 0 Å². The van der Waals surface area contributed by atoms with E-state index in [2.05, 4.69) is 0 Å². The molecule has 0 bridgehead atoms. The van der Waals surface area contributed by atoms with Gasteiger partial charge < -0.3 is 4.57 Å². The Morgan fingerprint density at radius 1 is 0.958 bits per heavy atom. The van der Waals surface area contributed by atoms with Crippen LogP contribution in [-0.2, 0) is 6.54 Å². The zero-order valence-corrected chi connectivity index (χ0v) is 12.5. The van der Waals surface area contributed by atoms with Crippen LogP contribution in [0.3, 0.4) is 0 Å². The molecule has 0 amide bonds. The monoisotopic (exact) mass is 335 g/mol. The Balaban J connectivity index is 2.42. The minimum absolute atomic E-state index is 0.0942. The summed E-state index contributed by atoms with van der Waals surface area (Å²) in [5, 5.41) is 0.173. The summed E-state index contributed by atoms with van der Waals surface area (Å²) in [5.41, 5.74) is 0.505. The first-order chi connectivity index (χ1) is 11.4. The van der Waals surface area contributed by atoms with Crippen molar-refractivity contribution in [3.05, 3.63) is 60.2 Å². The Hall–Kier alpha value is -2.63. The molecule has 1 heterocycles. The first-order valence-electron chi connectivity index (χ1n) is 7.29. The van der Waals surface area contributed by atoms with E-state index in [9.17, 15) is 22.4 Å². The number of para-hydroxylation sites is 1. The number of carbonyl (C=O) groups is 1. The van der Waals surface area contributed by atoms with Gasteiger partial charge in [0.2, 0.25) is 0 Å². The normalized spacial score (nSPS) is 11.8. The molecule has 2 nitrogen and oxygen atoms in total. The summed E-state index contributed by atoms with van der Waals surface area (Å²) in [4.78, 5) is 12.1. The Bertz CT molecular complexity index is 881. The lowest BCUT2D eigenvalue weighted by Crippen LogP contribution is -2.23. The van der Waals surface area contributed by atoms with Crippen LogP contribution < -0.4 is 0 Å². The number of Topliss-reactive ketones (excluding diaryl/α,β-unsaturated/α-hetero) is 1. The molecular weight excluding hydrogens is 322 g/mol. The van der Waals surface area contributed by atoms with Crippen molar-refractivity contribution < 1.29 is 22.4 Å². The third-order valence-electron chi connectivity index (χ3n) is 3.81. The molecule has 0 atom stereocenters. The van der Waals surface area contributed by atoms with E-state index in [0.29, 0.717) is 11.1 Å². The molecule has 0 fully saturated rings. The lowest BCUT2D eigenvalue weighted by molar-refractivity contribution is -0.0883. The van der Waals surface area contributed by atoms with Gasteiger partial charge in [-0.25, -0.2) is 4.39 Å². The molecule has 24 heavy (non-hydrogen) atoms. The molecular formula is C18H13F4NO. The van der Waals surface area contributed by atoms with Crippen molar-refractivity contribution in [2.45, 2.75) is 12.7 Å². The largest absolute Gasteiger partial charge is 0.454 e. The number of fused-ring (bicyclic) bond motifs is 1. The van der Waals surface area contributed by atoms with E-state index in [1.165, 1.54) is 10.6 Å². The molecule has 3 rings (SSSR count). The maximum atomic E-state index is 13.1. The third-order valence-corrected chi connectivity index (χ3v) is 3.81. The lowest BCUT2D eigenvalue weighted by atomic mass is 10.0. The predicted octanol–water partition coefficient (Wildman–Crippen LogP) is 5.02. The number of hydrogen-bond donors (Lipinski definition) is 0. The van der Waals surface area contributed by atoms with E-state index in [1.54, 1.807) is 48.5 Å². The summed E-state index contributed by atoms with van der Waals surface area (Å²) in [7, 11) is 0. The third kappa shape index (κ3) is 2.68. The molecule has 0 saturated carbocycles. The predicted molar refractivity (Wildman–Crippen MR) is 83.7 cm³/mol. The van der Waals surface area contributed by atoms with Gasteiger partial charge in [-0.1, -0.05) is 48.5 Å². The van der Waals surface area contributed by atoms with Gasteiger partial charge in [0.15, 0.2) is 0 Å². The number of nitrogens with zero attached hydrogens (tertiary/aromatic N) is 1. The number of aromatic nitrogens is 1. The molecule has 0 unspecified atom stereocenters. The zero-order valence-electron chi connectivity index (χ0n) is 12.5. The van der Waals surface area contributed by atoms with Gasteiger partial charge >= 0.3 is 6.18 Å². The van der Waals surface area contributed by atoms with Crippen LogP contribution in [0, 0.1) is 0 Å². The number of halogens is 4. The number of hydrogen-bond acceptors (Lipinski definition) is 1. The minimum atomic E-state index is -5.01. The van der Waals surface area contributed by atoms with E-state index < -0.39 is 24.2 Å². The van der Waals surface area contributed by atoms with Crippen LogP contribution in [-0.4, -0.2) is 23.2 Å². The highest BCUT2D eigenvalue weighted by Gasteiger charge is 2.42. The lowest BCUT2D eigenvalue weighted by Gasteiger charge is -2.12. The molecule has 0 radical (unpaired) electrons. The van der Waals surface area contributed by atoms with Gasteiger partial charge in [-0.3, -0.25) is 4.79 Å². The van der Waals surface area contributed by atoms with Crippen molar-refractivity contribution in [2.75, 3.05) is 6.67 Å². The fraction of sp³-hybridized carbons (Fsp3) is 0.167. The first kappa shape index (κ1) is 16.2. The Morgan fingerprint density at radius 3 is 2.21 bits per heavy atom. The molecule has 1 aromatic heterocycles. The highest BCUT2D eigenvalue weighted by molar-refractivity contribution is 6.15. The molecule has 0 aliphatic heterocycles. The fourth-order valence-electron chi connectivity index (χ4n) is 2.89. The van der Waals surface area contributed by atoms with Gasteiger partial charge in [0.1, 0.15) is 6.67 Å². The van der Waals surface area contributed by atoms with Crippen LogP contribution in [0.1, 0.15) is 10.4 Å². The molecule has 2 aromatic carbocycles. The van der Waals surface area contributed by atoms with Crippen molar-refractivity contribution >= 4 is 16.7 Å². The molecule has 0 aliphatic carbocycles. The Morgan fingerprint density at radius 2 is 1.58 bits per heavy atom. The van der Waals surface area contributed by atoms with Gasteiger partial charge in [0.25, 0.3) is 5.78 Å². The van der Waals surface area contributed by atoms with Crippen LogP contribution in [0.25, 0.3) is 22.2 Å². The standard InChI is InChI=1S/C18H13F4NO/c19-10-11-23-14-9-5-4-8-13(14)15(17(24)18(20,21)22)16(23)12-6-2-1-3-7-12/h1-9H,10-11H2. The molecule has 124 valence electrons. The van der Waals surface area contributed by atoms with Crippen molar-refractivity contribution in [3.63, 3.8) is 0 Å². The molecule has 0 spiro atoms.